The molecule has 2 aliphatic heterocycles. The second-order valence-corrected chi connectivity index (χ2v) is 16.9. The van der Waals surface area contributed by atoms with Gasteiger partial charge >= 0.3 is 5.97 Å². The molecule has 3 unspecified atom stereocenters. The monoisotopic (exact) mass is 647 g/mol. The van der Waals surface area contributed by atoms with Crippen LogP contribution in [0.15, 0.2) is 8.73 Å². The van der Waals surface area contributed by atoms with Crippen molar-refractivity contribution in [2.75, 3.05) is 57.1 Å². The maximum absolute atomic E-state index is 12.9. The Morgan fingerprint density at radius 2 is 1.39 bits per heavy atom. The van der Waals surface area contributed by atoms with Crippen molar-refractivity contribution in [3.63, 3.8) is 0 Å². The number of amides is 1. The minimum Gasteiger partial charge on any atom is -0.463 e. The summed E-state index contributed by atoms with van der Waals surface area (Å²) in [6, 6.07) is -1.82. The van der Waals surface area contributed by atoms with Crippen molar-refractivity contribution in [2.24, 2.45) is 8.73 Å². The van der Waals surface area contributed by atoms with E-state index in [9.17, 15) is 43.2 Å². The molecule has 0 saturated carbocycles. The fraction of sp³-hybridized carbons (Fsp3) is 0.870. The Morgan fingerprint density at radius 3 is 1.88 bits per heavy atom. The predicted octanol–water partition coefficient (Wildman–Crippen LogP) is -2.84. The Bertz CT molecular complexity index is 1170. The number of thioether (sulfide) groups is 1. The zero-order valence-electron chi connectivity index (χ0n) is 23.6. The number of hydrogen-bond donors (Lipinski definition) is 5. The van der Waals surface area contributed by atoms with Crippen LogP contribution in [0.3, 0.4) is 0 Å². The first-order chi connectivity index (χ1) is 18.9. The third-order valence-corrected chi connectivity index (χ3v) is 8.92. The maximum Gasteiger partial charge on any atom is 0.307 e. The number of nitrogens with one attached hydrogen (secondary N) is 1. The summed E-state index contributed by atoms with van der Waals surface area (Å²) >= 11 is 0.906. The van der Waals surface area contributed by atoms with Crippen molar-refractivity contribution in [1.82, 2.24) is 5.32 Å². The summed E-state index contributed by atoms with van der Waals surface area (Å²) in [6.07, 6.45) is -2.63. The number of ketones is 1. The van der Waals surface area contributed by atoms with Crippen molar-refractivity contribution in [1.29, 1.82) is 0 Å². The van der Waals surface area contributed by atoms with Gasteiger partial charge in [0, 0.05) is 51.0 Å². The number of nitrogens with zero attached hydrogens (tertiary/aromatic N) is 2. The first-order valence-corrected chi connectivity index (χ1v) is 18.4. The quantitative estimate of drug-likeness (QED) is 0.135. The van der Waals surface area contributed by atoms with E-state index in [0.29, 0.717) is 0 Å². The number of aliphatic hydroxyl groups excluding tert-OH is 4. The molecular weight excluding hydrogens is 606 g/mol. The minimum absolute atomic E-state index is 0.0668. The molecule has 9 atom stereocenters. The number of Topliss-reactive ketones (excluding diaryl/α,β-unsaturated/α-hetero) is 1. The summed E-state index contributed by atoms with van der Waals surface area (Å²) in [5.41, 5.74) is 0. The first kappa shape index (κ1) is 35.8. The number of aliphatic hydroxyl groups is 4. The average Bonchev–Trinajstić information content (AvgIpc) is 2.84. The van der Waals surface area contributed by atoms with E-state index in [1.54, 1.807) is 0 Å². The molecule has 0 bridgehead atoms. The van der Waals surface area contributed by atoms with Crippen molar-refractivity contribution < 1.29 is 57.4 Å². The van der Waals surface area contributed by atoms with Gasteiger partial charge in [0.15, 0.2) is 0 Å². The van der Waals surface area contributed by atoms with Crippen LogP contribution in [0.25, 0.3) is 0 Å². The number of rotatable bonds is 12. The summed E-state index contributed by atoms with van der Waals surface area (Å²) in [6.45, 7) is 0.394. The fourth-order valence-electron chi connectivity index (χ4n) is 4.04. The van der Waals surface area contributed by atoms with Gasteiger partial charge in [0.25, 0.3) is 0 Å². The van der Waals surface area contributed by atoms with Gasteiger partial charge in [0.05, 0.1) is 30.6 Å². The first-order valence-electron chi connectivity index (χ1n) is 12.7. The van der Waals surface area contributed by atoms with E-state index in [4.69, 9.17) is 14.2 Å². The molecule has 5 N–H and O–H groups in total. The van der Waals surface area contributed by atoms with E-state index in [1.807, 2.05) is 0 Å². The van der Waals surface area contributed by atoms with Gasteiger partial charge in [-0.3, -0.25) is 22.8 Å². The summed E-state index contributed by atoms with van der Waals surface area (Å²) in [5.74, 6) is -1.78. The average molecular weight is 648 g/mol. The Balaban J connectivity index is 1.93. The number of hydrogen-bond acceptors (Lipinski definition) is 15. The van der Waals surface area contributed by atoms with Crippen LogP contribution in [-0.2, 0) is 48.1 Å². The van der Waals surface area contributed by atoms with E-state index in [-0.39, 0.29) is 31.3 Å². The van der Waals surface area contributed by atoms with Gasteiger partial charge in [0.1, 0.15) is 61.1 Å². The number of esters is 1. The van der Waals surface area contributed by atoms with E-state index in [1.165, 1.54) is 31.9 Å². The zero-order valence-corrected chi connectivity index (χ0v) is 26.1. The van der Waals surface area contributed by atoms with Crippen LogP contribution in [0.2, 0.25) is 0 Å². The molecule has 15 nitrogen and oxygen atoms in total. The number of carbonyl (C=O) groups excluding carboxylic acids is 3. The Hall–Kier alpha value is -1.38. The van der Waals surface area contributed by atoms with Crippen LogP contribution in [0.5, 0.6) is 0 Å². The minimum atomic E-state index is -2.56. The van der Waals surface area contributed by atoms with E-state index in [2.05, 4.69) is 14.0 Å². The second kappa shape index (κ2) is 15.4. The third-order valence-electron chi connectivity index (χ3n) is 6.01. The Morgan fingerprint density at radius 1 is 0.902 bits per heavy atom. The SMILES string of the molecule is CC(=O)CSC(CC(=O)OCC1OC[C@H](N=S(C)(C)=O)[C@@H](O)[C@H]1O)C(=O)NCC1OC[C@H](N=S(C)(C)=O)[C@@H](O)[C@H]1O. The van der Waals surface area contributed by atoms with Crippen molar-refractivity contribution in [2.45, 2.75) is 67.3 Å². The Kier molecular flexibility index (Phi) is 13.4. The topological polar surface area (TPSA) is 231 Å². The molecule has 0 aromatic carbocycles. The number of ether oxygens (including phenoxy) is 3. The third kappa shape index (κ3) is 12.0. The van der Waals surface area contributed by atoms with Gasteiger partial charge < -0.3 is 40.0 Å². The molecule has 0 aromatic heterocycles. The molecule has 0 spiro atoms. The van der Waals surface area contributed by atoms with Gasteiger partial charge in [0.2, 0.25) is 5.91 Å². The van der Waals surface area contributed by atoms with Gasteiger partial charge in [-0.1, -0.05) is 0 Å². The molecular formula is C23H41N3O12S3. The van der Waals surface area contributed by atoms with Gasteiger partial charge in [-0.25, -0.2) is 8.73 Å². The second-order valence-electron chi connectivity index (χ2n) is 10.5. The van der Waals surface area contributed by atoms with E-state index < -0.39 is 98.3 Å². The highest BCUT2D eigenvalue weighted by Crippen LogP contribution is 2.22. The van der Waals surface area contributed by atoms with E-state index >= 15 is 0 Å². The van der Waals surface area contributed by atoms with Gasteiger partial charge in [-0.2, -0.15) is 0 Å². The standard InChI is InChI=1S/C23H41N3O12S3/c1-12(27)11-39-17(23(33)24-7-15-21(31)19(29)13(8-36-15)25-40(2,3)34)6-18(28)38-10-16-22(32)20(30)14(9-37-16)26-41(4,5)35/h13-17,19-22,29-32H,6-11H2,1-5H3,(H,24,33)/t13-,14-,15?,16?,17?,19+,20+,21-,22-/m0/s1. The lowest BCUT2D eigenvalue weighted by Crippen LogP contribution is -2.56. The fourth-order valence-corrected chi connectivity index (χ4v) is 6.64. The van der Waals surface area contributed by atoms with Gasteiger partial charge in [-0.05, 0) is 6.92 Å². The largest absolute Gasteiger partial charge is 0.463 e. The molecule has 18 heteroatoms. The lowest BCUT2D eigenvalue weighted by Gasteiger charge is -2.36. The highest BCUT2D eigenvalue weighted by molar-refractivity contribution is 8.01. The lowest BCUT2D eigenvalue weighted by molar-refractivity contribution is -0.173. The van der Waals surface area contributed by atoms with Crippen LogP contribution in [-0.4, -0.2) is 158 Å². The summed E-state index contributed by atoms with van der Waals surface area (Å²) in [5, 5.41) is 42.9. The number of carbonyl (C=O) groups is 3. The van der Waals surface area contributed by atoms with Crippen molar-refractivity contribution >= 4 is 48.9 Å². The molecule has 1 amide bonds. The predicted molar refractivity (Wildman–Crippen MR) is 151 cm³/mol. The van der Waals surface area contributed by atoms with Crippen molar-refractivity contribution in [3.8, 4) is 0 Å². The summed E-state index contributed by atoms with van der Waals surface area (Å²) < 4.78 is 47.9. The summed E-state index contributed by atoms with van der Waals surface area (Å²) in [4.78, 5) is 36.9. The highest BCUT2D eigenvalue weighted by Gasteiger charge is 2.41. The Labute approximate surface area is 244 Å². The maximum atomic E-state index is 12.9. The molecule has 2 saturated heterocycles. The molecule has 0 radical (unpaired) electrons. The summed E-state index contributed by atoms with van der Waals surface area (Å²) in [7, 11) is -5.11. The molecule has 41 heavy (non-hydrogen) atoms. The van der Waals surface area contributed by atoms with Crippen LogP contribution in [0.4, 0.5) is 0 Å². The molecule has 0 aliphatic carbocycles. The van der Waals surface area contributed by atoms with Crippen LogP contribution < -0.4 is 5.32 Å². The normalized spacial score (nSPS) is 31.5. The zero-order chi connectivity index (χ0) is 31.1. The highest BCUT2D eigenvalue weighted by atomic mass is 32.2. The molecule has 2 aliphatic rings. The van der Waals surface area contributed by atoms with Gasteiger partial charge in [-0.15, -0.1) is 11.8 Å². The van der Waals surface area contributed by atoms with Crippen LogP contribution in [0, 0.1) is 0 Å². The van der Waals surface area contributed by atoms with Crippen LogP contribution >= 0.6 is 11.8 Å². The lowest BCUT2D eigenvalue weighted by atomic mass is 9.98. The molecule has 238 valence electrons. The molecule has 2 rings (SSSR count). The van der Waals surface area contributed by atoms with Crippen molar-refractivity contribution in [3.05, 3.63) is 0 Å². The molecule has 2 heterocycles. The van der Waals surface area contributed by atoms with E-state index in [0.717, 1.165) is 11.8 Å². The smallest absolute Gasteiger partial charge is 0.307 e. The van der Waals surface area contributed by atoms with Crippen LogP contribution in [0.1, 0.15) is 13.3 Å². The molecule has 2 fully saturated rings. The molecule has 0 aromatic rings.